The summed E-state index contributed by atoms with van der Waals surface area (Å²) in [6.07, 6.45) is 4.03. The topological polar surface area (TPSA) is 46.1 Å². The molecule has 4 nitrogen and oxygen atoms in total. The summed E-state index contributed by atoms with van der Waals surface area (Å²) in [7, 11) is 2.02. The summed E-state index contributed by atoms with van der Waals surface area (Å²) >= 11 is 0. The average molecular weight is 243 g/mol. The Hall–Kier alpha value is -1.81. The van der Waals surface area contributed by atoms with Gasteiger partial charge in [-0.25, -0.2) is 0 Å². The second-order valence-electron chi connectivity index (χ2n) is 4.84. The summed E-state index contributed by atoms with van der Waals surface area (Å²) in [5, 5.41) is 7.32. The van der Waals surface area contributed by atoms with E-state index in [2.05, 4.69) is 21.3 Å². The summed E-state index contributed by atoms with van der Waals surface area (Å²) in [6, 6.07) is 8.03. The number of nitrogens with one attached hydrogen (secondary N) is 2. The van der Waals surface area contributed by atoms with Crippen LogP contribution in [0.4, 0.5) is 5.69 Å². The molecular formula is C14H17N3O. The Morgan fingerprint density at radius 1 is 1.44 bits per heavy atom. The number of nitrogens with zero attached hydrogens (tertiary/aromatic N) is 1. The van der Waals surface area contributed by atoms with Crippen molar-refractivity contribution in [3.63, 3.8) is 0 Å². The van der Waals surface area contributed by atoms with E-state index in [4.69, 9.17) is 0 Å². The first-order chi connectivity index (χ1) is 8.74. The van der Waals surface area contributed by atoms with Crippen molar-refractivity contribution in [2.45, 2.75) is 18.9 Å². The minimum Gasteiger partial charge on any atom is -0.351 e. The number of rotatable bonds is 2. The van der Waals surface area contributed by atoms with Gasteiger partial charge in [0, 0.05) is 29.8 Å². The predicted molar refractivity (Wildman–Crippen MR) is 72.6 cm³/mol. The van der Waals surface area contributed by atoms with Crippen molar-refractivity contribution in [1.82, 2.24) is 9.88 Å². The fraction of sp³-hybridized carbons (Fsp3) is 0.357. The van der Waals surface area contributed by atoms with Crippen LogP contribution < -0.4 is 10.6 Å². The predicted octanol–water partition coefficient (Wildman–Crippen LogP) is 1.87. The fourth-order valence-electron chi connectivity index (χ4n) is 2.50. The molecule has 94 valence electrons. The van der Waals surface area contributed by atoms with Gasteiger partial charge in [-0.05, 0) is 43.7 Å². The molecule has 0 unspecified atom stereocenters. The van der Waals surface area contributed by atoms with E-state index >= 15 is 0 Å². The van der Waals surface area contributed by atoms with Crippen LogP contribution in [0.2, 0.25) is 0 Å². The molecule has 0 saturated carbocycles. The minimum absolute atomic E-state index is 0.0310. The molecule has 0 aliphatic carbocycles. The van der Waals surface area contributed by atoms with Crippen LogP contribution in [0.5, 0.6) is 0 Å². The Balaban J connectivity index is 1.79. The van der Waals surface area contributed by atoms with E-state index < -0.39 is 0 Å². The van der Waals surface area contributed by atoms with Crippen molar-refractivity contribution >= 4 is 22.5 Å². The molecule has 4 heteroatoms. The van der Waals surface area contributed by atoms with Crippen molar-refractivity contribution in [1.29, 1.82) is 0 Å². The third-order valence-corrected chi connectivity index (χ3v) is 3.53. The van der Waals surface area contributed by atoms with Crippen LogP contribution in [0.25, 0.3) is 10.9 Å². The largest absolute Gasteiger partial charge is 0.351 e. The zero-order chi connectivity index (χ0) is 12.5. The Labute approximate surface area is 106 Å². The molecule has 1 aliphatic heterocycles. The van der Waals surface area contributed by atoms with Gasteiger partial charge < -0.3 is 15.2 Å². The monoisotopic (exact) mass is 243 g/mol. The third kappa shape index (κ3) is 1.99. The SMILES string of the molecule is Cn1ccc2cc(NC(=O)[C@@H]3CCCN3)ccc21. The highest BCUT2D eigenvalue weighted by Gasteiger charge is 2.21. The van der Waals surface area contributed by atoms with Crippen molar-refractivity contribution in [3.05, 3.63) is 30.5 Å². The number of aryl methyl sites for hydroxylation is 1. The zero-order valence-electron chi connectivity index (χ0n) is 10.4. The summed E-state index contributed by atoms with van der Waals surface area (Å²) in [6.45, 7) is 0.940. The molecule has 0 bridgehead atoms. The highest BCUT2D eigenvalue weighted by Crippen LogP contribution is 2.20. The molecule has 1 saturated heterocycles. The molecule has 2 aromatic rings. The van der Waals surface area contributed by atoms with Gasteiger partial charge in [0.2, 0.25) is 5.91 Å². The van der Waals surface area contributed by atoms with Gasteiger partial charge in [-0.15, -0.1) is 0 Å². The molecule has 1 atom stereocenters. The minimum atomic E-state index is -0.0310. The lowest BCUT2D eigenvalue weighted by molar-refractivity contribution is -0.117. The summed E-state index contributed by atoms with van der Waals surface area (Å²) < 4.78 is 2.07. The molecule has 2 N–H and O–H groups in total. The van der Waals surface area contributed by atoms with Crippen molar-refractivity contribution in [2.75, 3.05) is 11.9 Å². The van der Waals surface area contributed by atoms with Crippen LogP contribution in [-0.4, -0.2) is 23.1 Å². The average Bonchev–Trinajstić information content (AvgIpc) is 2.99. The van der Waals surface area contributed by atoms with Crippen molar-refractivity contribution in [2.24, 2.45) is 7.05 Å². The van der Waals surface area contributed by atoms with Gasteiger partial charge in [0.1, 0.15) is 0 Å². The lowest BCUT2D eigenvalue weighted by atomic mass is 10.2. The highest BCUT2D eigenvalue weighted by atomic mass is 16.2. The van der Waals surface area contributed by atoms with Gasteiger partial charge in [0.05, 0.1) is 6.04 Å². The summed E-state index contributed by atoms with van der Waals surface area (Å²) in [4.78, 5) is 12.0. The maximum absolute atomic E-state index is 12.0. The Kier molecular flexibility index (Phi) is 2.80. The first kappa shape index (κ1) is 11.3. The van der Waals surface area contributed by atoms with Gasteiger partial charge in [-0.1, -0.05) is 0 Å². The molecule has 0 spiro atoms. The van der Waals surface area contributed by atoms with E-state index in [1.165, 1.54) is 5.52 Å². The van der Waals surface area contributed by atoms with Gasteiger partial charge in [0.25, 0.3) is 0 Å². The number of aromatic nitrogens is 1. The molecule has 0 radical (unpaired) electrons. The third-order valence-electron chi connectivity index (χ3n) is 3.53. The molecule has 3 rings (SSSR count). The maximum Gasteiger partial charge on any atom is 0.241 e. The van der Waals surface area contributed by atoms with E-state index in [0.717, 1.165) is 30.5 Å². The highest BCUT2D eigenvalue weighted by molar-refractivity contribution is 5.97. The normalized spacial score (nSPS) is 19.3. The molecule has 1 fully saturated rings. The number of hydrogen-bond donors (Lipinski definition) is 2. The van der Waals surface area contributed by atoms with Crippen LogP contribution in [0.1, 0.15) is 12.8 Å². The van der Waals surface area contributed by atoms with Crippen LogP contribution in [-0.2, 0) is 11.8 Å². The van der Waals surface area contributed by atoms with E-state index in [0.29, 0.717) is 0 Å². The fourth-order valence-corrected chi connectivity index (χ4v) is 2.50. The van der Waals surface area contributed by atoms with Crippen molar-refractivity contribution < 1.29 is 4.79 Å². The molecule has 1 aromatic carbocycles. The van der Waals surface area contributed by atoms with Crippen LogP contribution in [0.3, 0.4) is 0 Å². The molecular weight excluding hydrogens is 226 g/mol. The quantitative estimate of drug-likeness (QED) is 0.845. The van der Waals surface area contributed by atoms with Gasteiger partial charge in [0.15, 0.2) is 0 Å². The van der Waals surface area contributed by atoms with Crippen LogP contribution in [0.15, 0.2) is 30.5 Å². The molecule has 18 heavy (non-hydrogen) atoms. The van der Waals surface area contributed by atoms with Gasteiger partial charge in [-0.3, -0.25) is 4.79 Å². The number of anilines is 1. The number of carbonyl (C=O) groups excluding carboxylic acids is 1. The van der Waals surface area contributed by atoms with E-state index in [1.54, 1.807) is 0 Å². The van der Waals surface area contributed by atoms with Gasteiger partial charge in [-0.2, -0.15) is 0 Å². The number of benzene rings is 1. The standard InChI is InChI=1S/C14H17N3O/c1-17-8-6-10-9-11(4-5-13(10)17)16-14(18)12-3-2-7-15-12/h4-6,8-9,12,15H,2-3,7H2,1H3,(H,16,18)/t12-/m0/s1. The first-order valence-electron chi connectivity index (χ1n) is 6.33. The number of fused-ring (bicyclic) bond motifs is 1. The molecule has 2 heterocycles. The van der Waals surface area contributed by atoms with E-state index in [-0.39, 0.29) is 11.9 Å². The lowest BCUT2D eigenvalue weighted by Gasteiger charge is -2.11. The number of hydrogen-bond acceptors (Lipinski definition) is 2. The van der Waals surface area contributed by atoms with Crippen molar-refractivity contribution in [3.8, 4) is 0 Å². The first-order valence-corrected chi connectivity index (χ1v) is 6.33. The maximum atomic E-state index is 12.0. The smallest absolute Gasteiger partial charge is 0.241 e. The van der Waals surface area contributed by atoms with Gasteiger partial charge >= 0.3 is 0 Å². The second kappa shape index (κ2) is 4.46. The Morgan fingerprint density at radius 2 is 2.33 bits per heavy atom. The van der Waals surface area contributed by atoms with E-state index in [1.807, 2.05) is 31.4 Å². The van der Waals surface area contributed by atoms with Crippen LogP contribution in [0, 0.1) is 0 Å². The zero-order valence-corrected chi connectivity index (χ0v) is 10.4. The second-order valence-corrected chi connectivity index (χ2v) is 4.84. The number of carbonyl (C=O) groups is 1. The molecule has 1 amide bonds. The Bertz CT molecular complexity index is 582. The molecule has 1 aliphatic rings. The summed E-state index contributed by atoms with van der Waals surface area (Å²) in [5.74, 6) is 0.0720. The Morgan fingerprint density at radius 3 is 3.11 bits per heavy atom. The summed E-state index contributed by atoms with van der Waals surface area (Å²) in [5.41, 5.74) is 2.04. The molecule has 1 aromatic heterocycles. The number of amides is 1. The van der Waals surface area contributed by atoms with E-state index in [9.17, 15) is 4.79 Å². The lowest BCUT2D eigenvalue weighted by Crippen LogP contribution is -2.35. The van der Waals surface area contributed by atoms with Crippen LogP contribution >= 0.6 is 0 Å².